The number of ether oxygens (including phenoxy) is 1. The summed E-state index contributed by atoms with van der Waals surface area (Å²) in [6.07, 6.45) is -2.12. The highest BCUT2D eigenvalue weighted by atomic mass is 31.3. The number of hydrogen-bond donors (Lipinski definition) is 7. The Hall–Kier alpha value is -1.52. The van der Waals surface area contributed by atoms with Crippen molar-refractivity contribution in [3.8, 4) is 0 Å². The normalized spacial score (nSPS) is 26.0. The van der Waals surface area contributed by atoms with Gasteiger partial charge in [0.1, 0.15) is 12.3 Å². The van der Waals surface area contributed by atoms with Gasteiger partial charge in [-0.15, -0.1) is 0 Å². The number of nitrogens with two attached hydrogens (primary N) is 2. The van der Waals surface area contributed by atoms with Crippen LogP contribution in [-0.4, -0.2) is 58.1 Å². The fourth-order valence-electron chi connectivity index (χ4n) is 2.68. The second-order valence-corrected chi connectivity index (χ2v) is 10.7. The summed E-state index contributed by atoms with van der Waals surface area (Å²) < 4.78 is 53.0. The van der Waals surface area contributed by atoms with Gasteiger partial charge in [0.2, 0.25) is 5.95 Å². The van der Waals surface area contributed by atoms with Crippen molar-refractivity contribution in [1.29, 1.82) is 0 Å². The molecule has 0 radical (unpaired) electrons. The molecule has 3 heterocycles. The third kappa shape index (κ3) is 6.04. The van der Waals surface area contributed by atoms with E-state index in [2.05, 4.69) is 28.1 Å². The van der Waals surface area contributed by atoms with E-state index in [0.717, 1.165) is 0 Å². The number of nitrogen functional groups attached to an aromatic ring is 1. The Balaban J connectivity index is 1.67. The number of hydrogen-bond acceptors (Lipinski definition) is 12. The first-order chi connectivity index (χ1) is 14.2. The average Bonchev–Trinajstić information content (AvgIpc) is 3.13. The number of aliphatic hydroxyl groups is 1. The molecule has 174 valence electrons. The molecular formula is C10H17N6O12P3. The smallest absolute Gasteiger partial charge is 0.390 e. The maximum Gasteiger partial charge on any atom is 0.489 e. The highest BCUT2D eigenvalue weighted by Gasteiger charge is 2.42. The molecule has 2 aromatic heterocycles. The second-order valence-electron chi connectivity index (χ2n) is 6.17. The molecule has 1 aliphatic rings. The van der Waals surface area contributed by atoms with Crippen molar-refractivity contribution in [3.05, 3.63) is 16.7 Å². The molecule has 0 bridgehead atoms. The summed E-state index contributed by atoms with van der Waals surface area (Å²) in [6, 6.07) is 0. The number of nitrogens with one attached hydrogen (secondary N) is 1. The summed E-state index contributed by atoms with van der Waals surface area (Å²) in [4.78, 5) is 48.2. The first-order valence-electron chi connectivity index (χ1n) is 8.06. The number of anilines is 1. The number of aliphatic hydroxyl groups excluding tert-OH is 1. The highest BCUT2D eigenvalue weighted by Crippen LogP contribution is 2.65. The quantitative estimate of drug-likeness (QED) is 0.204. The standard InChI is InChI=1S/C10H17N6O12P3/c11-10-14-8-7(9(18)15-10)13-3-16(8)6-1-4(17)5(26-6)2-25-29(12,19)27-31(23,24)28-30(20,21)22/h3-6,17H,1-2H2,(H2,12,19)(H,23,24)(H2,20,21,22)(H3,11,14,15,18). The maximum atomic E-state index is 12.0. The Morgan fingerprint density at radius 2 is 1.97 bits per heavy atom. The van der Waals surface area contributed by atoms with Crippen molar-refractivity contribution in [2.75, 3.05) is 12.3 Å². The van der Waals surface area contributed by atoms with Crippen molar-refractivity contribution >= 4 is 40.5 Å². The van der Waals surface area contributed by atoms with E-state index in [4.69, 9.17) is 25.8 Å². The summed E-state index contributed by atoms with van der Waals surface area (Å²) in [5.41, 5.74) is 10.1. The molecule has 1 fully saturated rings. The Bertz CT molecular complexity index is 1180. The number of rotatable bonds is 8. The lowest BCUT2D eigenvalue weighted by atomic mass is 10.2. The minimum atomic E-state index is -5.55. The topological polar surface area (TPSA) is 285 Å². The van der Waals surface area contributed by atoms with E-state index < -0.39 is 54.0 Å². The molecule has 21 heteroatoms. The van der Waals surface area contributed by atoms with Gasteiger partial charge in [0.15, 0.2) is 11.2 Å². The van der Waals surface area contributed by atoms with E-state index >= 15 is 0 Å². The van der Waals surface area contributed by atoms with Gasteiger partial charge in [-0.1, -0.05) is 0 Å². The highest BCUT2D eigenvalue weighted by molar-refractivity contribution is 7.67. The van der Waals surface area contributed by atoms with E-state index in [0.29, 0.717) is 0 Å². The average molecular weight is 506 g/mol. The molecular weight excluding hydrogens is 489 g/mol. The zero-order valence-corrected chi connectivity index (χ0v) is 17.8. The second kappa shape index (κ2) is 8.44. The molecule has 5 atom stereocenters. The lowest BCUT2D eigenvalue weighted by Crippen LogP contribution is -2.26. The third-order valence-electron chi connectivity index (χ3n) is 3.81. The Morgan fingerprint density at radius 1 is 1.29 bits per heavy atom. The number of phosphoric acid groups is 2. The van der Waals surface area contributed by atoms with Crippen molar-refractivity contribution in [2.45, 2.75) is 24.9 Å². The molecule has 1 aliphatic heterocycles. The van der Waals surface area contributed by atoms with Crippen LogP contribution in [0.2, 0.25) is 0 Å². The lowest BCUT2D eigenvalue weighted by Gasteiger charge is -2.20. The molecule has 31 heavy (non-hydrogen) atoms. The van der Waals surface area contributed by atoms with Crippen LogP contribution in [0.4, 0.5) is 5.95 Å². The summed E-state index contributed by atoms with van der Waals surface area (Å²) in [5, 5.41) is 10.2. The van der Waals surface area contributed by atoms with E-state index in [1.54, 1.807) is 0 Å². The Morgan fingerprint density at radius 3 is 2.61 bits per heavy atom. The Kier molecular flexibility index (Phi) is 6.57. The number of aromatic amines is 1. The maximum absolute atomic E-state index is 12.0. The van der Waals surface area contributed by atoms with E-state index in [9.17, 15) is 28.5 Å². The van der Waals surface area contributed by atoms with Crippen LogP contribution in [0.25, 0.3) is 11.2 Å². The van der Waals surface area contributed by atoms with Crippen molar-refractivity contribution < 1.29 is 51.4 Å². The molecule has 5 unspecified atom stereocenters. The van der Waals surface area contributed by atoms with Gasteiger partial charge >= 0.3 is 23.4 Å². The summed E-state index contributed by atoms with van der Waals surface area (Å²) in [7, 11) is -15.9. The molecule has 3 rings (SSSR count). The van der Waals surface area contributed by atoms with Crippen LogP contribution in [0.3, 0.4) is 0 Å². The van der Waals surface area contributed by atoms with Crippen molar-refractivity contribution in [3.63, 3.8) is 0 Å². The van der Waals surface area contributed by atoms with Gasteiger partial charge in [-0.05, 0) is 0 Å². The van der Waals surface area contributed by atoms with Crippen molar-refractivity contribution in [2.24, 2.45) is 5.50 Å². The number of nitrogens with zero attached hydrogens (tertiary/aromatic N) is 3. The summed E-state index contributed by atoms with van der Waals surface area (Å²) >= 11 is 0. The van der Waals surface area contributed by atoms with Gasteiger partial charge < -0.3 is 30.3 Å². The first-order valence-corrected chi connectivity index (χ1v) is 12.7. The van der Waals surface area contributed by atoms with Gasteiger partial charge in [0.25, 0.3) is 5.56 Å². The lowest BCUT2D eigenvalue weighted by molar-refractivity contribution is -0.0396. The van der Waals surface area contributed by atoms with E-state index in [-0.39, 0.29) is 23.5 Å². The van der Waals surface area contributed by atoms with Crippen molar-refractivity contribution in [1.82, 2.24) is 19.5 Å². The van der Waals surface area contributed by atoms with Crippen LogP contribution in [0, 0.1) is 0 Å². The molecule has 0 aliphatic carbocycles. The molecule has 0 amide bonds. The number of imidazole rings is 1. The SMILES string of the molecule is Nc1nc2c(ncn2C2CC(O)C(COP(N)(=O)OP(=O)(O)OP(=O)(O)O)O2)c(=O)[nH]1. The predicted molar refractivity (Wildman–Crippen MR) is 98.9 cm³/mol. The van der Waals surface area contributed by atoms with Gasteiger partial charge in [-0.2, -0.15) is 13.6 Å². The number of H-pyrrole nitrogens is 1. The first kappa shape index (κ1) is 24.1. The van der Waals surface area contributed by atoms with Crippen LogP contribution in [0.5, 0.6) is 0 Å². The Labute approximate surface area is 171 Å². The van der Waals surface area contributed by atoms with Crippen LogP contribution >= 0.6 is 23.4 Å². The van der Waals surface area contributed by atoms with E-state index in [1.165, 1.54) is 10.9 Å². The predicted octanol–water partition coefficient (Wildman–Crippen LogP) is -1.34. The minimum Gasteiger partial charge on any atom is -0.390 e. The van der Waals surface area contributed by atoms with E-state index in [1.807, 2.05) is 0 Å². The summed E-state index contributed by atoms with van der Waals surface area (Å²) in [5.74, 6) is -0.176. The number of aromatic nitrogens is 4. The molecule has 1 saturated heterocycles. The van der Waals surface area contributed by atoms with Crippen LogP contribution in [-0.2, 0) is 31.6 Å². The fourth-order valence-corrected chi connectivity index (χ4v) is 5.84. The fraction of sp³-hybridized carbons (Fsp3) is 0.500. The monoisotopic (exact) mass is 506 g/mol. The molecule has 18 nitrogen and oxygen atoms in total. The molecule has 2 aromatic rings. The largest absolute Gasteiger partial charge is 0.489 e. The molecule has 0 aromatic carbocycles. The zero-order chi connectivity index (χ0) is 23.2. The minimum absolute atomic E-state index is 0.0318. The molecule has 0 spiro atoms. The molecule has 0 saturated carbocycles. The van der Waals surface area contributed by atoms with Crippen LogP contribution in [0.15, 0.2) is 11.1 Å². The van der Waals surface area contributed by atoms with Gasteiger partial charge in [0, 0.05) is 6.42 Å². The molecule has 9 N–H and O–H groups in total. The van der Waals surface area contributed by atoms with Gasteiger partial charge in [-0.3, -0.25) is 18.9 Å². The third-order valence-corrected chi connectivity index (χ3v) is 7.73. The zero-order valence-electron chi connectivity index (χ0n) is 15.1. The van der Waals surface area contributed by atoms with Gasteiger partial charge in [-0.25, -0.2) is 24.2 Å². The van der Waals surface area contributed by atoms with Crippen LogP contribution in [0.1, 0.15) is 12.6 Å². The number of fused-ring (bicyclic) bond motifs is 1. The van der Waals surface area contributed by atoms with Gasteiger partial charge in [0.05, 0.1) is 19.0 Å². The van der Waals surface area contributed by atoms with Crippen LogP contribution < -0.4 is 16.8 Å². The summed E-state index contributed by atoms with van der Waals surface area (Å²) in [6.45, 7) is -0.718.